The first kappa shape index (κ1) is 17.5. The molecule has 0 aromatic heterocycles. The van der Waals surface area contributed by atoms with Crippen molar-refractivity contribution in [2.24, 2.45) is 0 Å². The summed E-state index contributed by atoms with van der Waals surface area (Å²) in [5.41, 5.74) is 0.991. The van der Waals surface area contributed by atoms with E-state index in [0.717, 1.165) is 5.56 Å². The molecule has 116 valence electrons. The number of benzene rings is 1. The van der Waals surface area contributed by atoms with E-state index in [-0.39, 0.29) is 24.8 Å². The van der Waals surface area contributed by atoms with E-state index in [2.05, 4.69) is 10.1 Å². The second-order valence-corrected chi connectivity index (χ2v) is 5.03. The highest BCUT2D eigenvalue weighted by Gasteiger charge is 2.11. The van der Waals surface area contributed by atoms with E-state index in [1.165, 1.54) is 7.11 Å². The highest BCUT2D eigenvalue weighted by molar-refractivity contribution is 6.30. The second-order valence-electron chi connectivity index (χ2n) is 4.60. The Kier molecular flexibility index (Phi) is 7.79. The zero-order valence-electron chi connectivity index (χ0n) is 12.4. The van der Waals surface area contributed by atoms with Crippen molar-refractivity contribution < 1.29 is 14.3 Å². The molecule has 5 nitrogen and oxygen atoms in total. The standard InChI is InChI=1S/C15H21ClN2O3/c1-3-18(9-8-15(20)21-2)11-14(19)17-10-12-4-6-13(16)7-5-12/h4-7H,3,8-11H2,1-2H3,(H,17,19). The van der Waals surface area contributed by atoms with Gasteiger partial charge < -0.3 is 10.1 Å². The van der Waals surface area contributed by atoms with E-state index in [1.54, 1.807) is 12.1 Å². The predicted octanol–water partition coefficient (Wildman–Crippen LogP) is 1.84. The van der Waals surface area contributed by atoms with Crippen LogP contribution in [0.3, 0.4) is 0 Å². The molecule has 0 spiro atoms. The molecule has 0 saturated heterocycles. The monoisotopic (exact) mass is 312 g/mol. The Labute approximate surface area is 130 Å². The van der Waals surface area contributed by atoms with E-state index in [9.17, 15) is 9.59 Å². The van der Waals surface area contributed by atoms with Crippen LogP contribution in [-0.2, 0) is 20.9 Å². The fourth-order valence-electron chi connectivity index (χ4n) is 1.76. The number of esters is 1. The molecule has 0 aliphatic rings. The van der Waals surface area contributed by atoms with Gasteiger partial charge in [-0.1, -0.05) is 30.7 Å². The SMILES string of the molecule is CCN(CCC(=O)OC)CC(=O)NCc1ccc(Cl)cc1. The lowest BCUT2D eigenvalue weighted by Crippen LogP contribution is -2.38. The Balaban J connectivity index is 2.33. The molecule has 0 saturated carbocycles. The van der Waals surface area contributed by atoms with Crippen LogP contribution in [0, 0.1) is 0 Å². The summed E-state index contributed by atoms with van der Waals surface area (Å²) in [6, 6.07) is 7.32. The molecule has 6 heteroatoms. The molecule has 1 aromatic carbocycles. The van der Waals surface area contributed by atoms with Crippen LogP contribution in [0.1, 0.15) is 18.9 Å². The van der Waals surface area contributed by atoms with Crippen LogP contribution in [0.15, 0.2) is 24.3 Å². The topological polar surface area (TPSA) is 58.6 Å². The maximum atomic E-state index is 11.9. The summed E-state index contributed by atoms with van der Waals surface area (Å²) in [5, 5.41) is 3.52. The molecule has 1 rings (SSSR count). The van der Waals surface area contributed by atoms with Gasteiger partial charge in [-0.2, -0.15) is 0 Å². The summed E-state index contributed by atoms with van der Waals surface area (Å²) >= 11 is 5.80. The normalized spacial score (nSPS) is 10.5. The van der Waals surface area contributed by atoms with Crippen molar-refractivity contribution in [1.82, 2.24) is 10.2 Å². The molecule has 0 aliphatic carbocycles. The first-order valence-corrected chi connectivity index (χ1v) is 7.23. The number of nitrogens with zero attached hydrogens (tertiary/aromatic N) is 1. The molecule has 0 aliphatic heterocycles. The quantitative estimate of drug-likeness (QED) is 0.744. The average molecular weight is 313 g/mol. The Morgan fingerprint density at radius 2 is 1.95 bits per heavy atom. The zero-order chi connectivity index (χ0) is 15.7. The van der Waals surface area contributed by atoms with E-state index in [4.69, 9.17) is 11.6 Å². The number of carbonyl (C=O) groups excluding carboxylic acids is 2. The van der Waals surface area contributed by atoms with Gasteiger partial charge in [-0.05, 0) is 24.2 Å². The lowest BCUT2D eigenvalue weighted by molar-refractivity contribution is -0.141. The molecule has 0 radical (unpaired) electrons. The number of methoxy groups -OCH3 is 1. The fraction of sp³-hybridized carbons (Fsp3) is 0.467. The third-order valence-electron chi connectivity index (χ3n) is 3.08. The molecular formula is C15H21ClN2O3. The summed E-state index contributed by atoms with van der Waals surface area (Å²) < 4.78 is 4.59. The van der Waals surface area contributed by atoms with Crippen LogP contribution in [0.5, 0.6) is 0 Å². The van der Waals surface area contributed by atoms with E-state index < -0.39 is 0 Å². The number of halogens is 1. The smallest absolute Gasteiger partial charge is 0.306 e. The number of rotatable bonds is 8. The number of amides is 1. The third-order valence-corrected chi connectivity index (χ3v) is 3.33. The van der Waals surface area contributed by atoms with Crippen LogP contribution in [-0.4, -0.2) is 43.5 Å². The average Bonchev–Trinajstić information content (AvgIpc) is 2.50. The van der Waals surface area contributed by atoms with Crippen molar-refractivity contribution in [3.05, 3.63) is 34.9 Å². The minimum absolute atomic E-state index is 0.0725. The van der Waals surface area contributed by atoms with Crippen molar-refractivity contribution in [3.63, 3.8) is 0 Å². The van der Waals surface area contributed by atoms with Gasteiger partial charge in [0.15, 0.2) is 0 Å². The van der Waals surface area contributed by atoms with Crippen molar-refractivity contribution in [2.75, 3.05) is 26.7 Å². The number of carbonyl (C=O) groups is 2. The number of hydrogen-bond acceptors (Lipinski definition) is 4. The van der Waals surface area contributed by atoms with Gasteiger partial charge in [0.25, 0.3) is 0 Å². The molecule has 0 bridgehead atoms. The Morgan fingerprint density at radius 3 is 2.52 bits per heavy atom. The van der Waals surface area contributed by atoms with Gasteiger partial charge in [0.2, 0.25) is 5.91 Å². The maximum Gasteiger partial charge on any atom is 0.306 e. The first-order valence-electron chi connectivity index (χ1n) is 6.85. The number of ether oxygens (including phenoxy) is 1. The van der Waals surface area contributed by atoms with Gasteiger partial charge in [-0.3, -0.25) is 14.5 Å². The van der Waals surface area contributed by atoms with Gasteiger partial charge in [-0.15, -0.1) is 0 Å². The van der Waals surface area contributed by atoms with Crippen molar-refractivity contribution in [1.29, 1.82) is 0 Å². The van der Waals surface area contributed by atoms with E-state index in [0.29, 0.717) is 24.7 Å². The fourth-order valence-corrected chi connectivity index (χ4v) is 1.89. The Morgan fingerprint density at radius 1 is 1.29 bits per heavy atom. The summed E-state index contributed by atoms with van der Waals surface area (Å²) in [7, 11) is 1.36. The minimum Gasteiger partial charge on any atom is -0.469 e. The van der Waals surface area contributed by atoms with Crippen LogP contribution in [0.2, 0.25) is 5.02 Å². The highest BCUT2D eigenvalue weighted by atomic mass is 35.5. The Hall–Kier alpha value is -1.59. The third kappa shape index (κ3) is 7.11. The first-order chi connectivity index (χ1) is 10.0. The molecule has 1 aromatic rings. The van der Waals surface area contributed by atoms with Crippen LogP contribution in [0.25, 0.3) is 0 Å². The zero-order valence-corrected chi connectivity index (χ0v) is 13.2. The molecule has 0 heterocycles. The van der Waals surface area contributed by atoms with Crippen LogP contribution in [0.4, 0.5) is 0 Å². The molecule has 0 atom stereocenters. The number of likely N-dealkylation sites (N-methyl/N-ethyl adjacent to an activating group) is 1. The van der Waals surface area contributed by atoms with Gasteiger partial charge in [-0.25, -0.2) is 0 Å². The van der Waals surface area contributed by atoms with Crippen LogP contribution >= 0.6 is 11.6 Å². The van der Waals surface area contributed by atoms with Gasteiger partial charge in [0.05, 0.1) is 20.1 Å². The molecule has 0 unspecified atom stereocenters. The van der Waals surface area contributed by atoms with Gasteiger partial charge >= 0.3 is 5.97 Å². The van der Waals surface area contributed by atoms with Crippen LogP contribution < -0.4 is 5.32 Å². The van der Waals surface area contributed by atoms with Gasteiger partial charge in [0, 0.05) is 18.1 Å². The van der Waals surface area contributed by atoms with E-state index >= 15 is 0 Å². The van der Waals surface area contributed by atoms with Crippen molar-refractivity contribution >= 4 is 23.5 Å². The molecule has 21 heavy (non-hydrogen) atoms. The van der Waals surface area contributed by atoms with Crippen molar-refractivity contribution in [3.8, 4) is 0 Å². The highest BCUT2D eigenvalue weighted by Crippen LogP contribution is 2.09. The minimum atomic E-state index is -0.268. The molecule has 1 N–H and O–H groups in total. The second kappa shape index (κ2) is 9.37. The number of hydrogen-bond donors (Lipinski definition) is 1. The summed E-state index contributed by atoms with van der Waals surface area (Å²) in [6.45, 7) is 3.89. The molecule has 1 amide bonds. The molecule has 0 fully saturated rings. The maximum absolute atomic E-state index is 11.9. The number of nitrogens with one attached hydrogen (secondary N) is 1. The molecular weight excluding hydrogens is 292 g/mol. The van der Waals surface area contributed by atoms with E-state index in [1.807, 2.05) is 24.0 Å². The lowest BCUT2D eigenvalue weighted by atomic mass is 10.2. The summed E-state index contributed by atoms with van der Waals surface area (Å²) in [5.74, 6) is -0.341. The summed E-state index contributed by atoms with van der Waals surface area (Å²) in [6.07, 6.45) is 0.287. The lowest BCUT2D eigenvalue weighted by Gasteiger charge is -2.19. The predicted molar refractivity (Wildman–Crippen MR) is 82.0 cm³/mol. The van der Waals surface area contributed by atoms with Gasteiger partial charge in [0.1, 0.15) is 0 Å². The van der Waals surface area contributed by atoms with Crippen molar-refractivity contribution in [2.45, 2.75) is 19.9 Å². The Bertz CT molecular complexity index is 462. The summed E-state index contributed by atoms with van der Waals surface area (Å²) in [4.78, 5) is 24.9. The largest absolute Gasteiger partial charge is 0.469 e.